The van der Waals surface area contributed by atoms with E-state index >= 15 is 4.39 Å². The summed E-state index contributed by atoms with van der Waals surface area (Å²) >= 11 is 6.35. The van der Waals surface area contributed by atoms with Gasteiger partial charge in [0.25, 0.3) is 0 Å². The first-order valence-corrected chi connectivity index (χ1v) is 12.0. The van der Waals surface area contributed by atoms with E-state index in [-0.39, 0.29) is 11.4 Å². The van der Waals surface area contributed by atoms with Crippen molar-refractivity contribution < 1.29 is 19.0 Å². The first kappa shape index (κ1) is 23.2. The summed E-state index contributed by atoms with van der Waals surface area (Å²) in [6.45, 7) is 2.62. The third-order valence-electron chi connectivity index (χ3n) is 7.52. The maximum Gasteiger partial charge on any atom is 0.309 e. The molecule has 174 valence electrons. The Morgan fingerprint density at radius 1 is 1.34 bits per heavy atom. The molecule has 7 heteroatoms. The number of hydrogen-bond acceptors (Lipinski definition) is 4. The first-order valence-electron chi connectivity index (χ1n) is 11.6. The molecule has 1 atom stereocenters. The first-order chi connectivity index (χ1) is 15.4. The zero-order valence-corrected chi connectivity index (χ0v) is 19.4. The second kappa shape index (κ2) is 9.92. The van der Waals surface area contributed by atoms with Crippen LogP contribution in [0, 0.1) is 11.3 Å². The van der Waals surface area contributed by atoms with Crippen LogP contribution in [0.2, 0.25) is 5.02 Å². The molecule has 1 N–H and O–H groups in total. The number of ether oxygens (including phenoxy) is 1. The lowest BCUT2D eigenvalue weighted by molar-refractivity contribution is -0.153. The molecule has 2 fully saturated rings. The summed E-state index contributed by atoms with van der Waals surface area (Å²) in [5.41, 5.74) is 0.138. The van der Waals surface area contributed by atoms with Gasteiger partial charge in [0.05, 0.1) is 23.1 Å². The Labute approximate surface area is 193 Å². The van der Waals surface area contributed by atoms with Crippen molar-refractivity contribution in [3.63, 3.8) is 0 Å². The number of piperidine rings is 1. The van der Waals surface area contributed by atoms with Gasteiger partial charge < -0.3 is 14.7 Å². The van der Waals surface area contributed by atoms with Gasteiger partial charge in [-0.05, 0) is 75.7 Å². The Bertz CT molecular complexity index is 956. The van der Waals surface area contributed by atoms with Crippen LogP contribution in [-0.2, 0) is 4.79 Å². The number of methoxy groups -OCH3 is 1. The molecule has 0 spiro atoms. The van der Waals surface area contributed by atoms with Gasteiger partial charge in [-0.3, -0.25) is 9.78 Å². The van der Waals surface area contributed by atoms with Gasteiger partial charge in [-0.1, -0.05) is 24.4 Å². The van der Waals surface area contributed by atoms with Crippen LogP contribution in [0.3, 0.4) is 0 Å². The summed E-state index contributed by atoms with van der Waals surface area (Å²) in [5, 5.41) is 10.9. The van der Waals surface area contributed by atoms with E-state index in [1.165, 1.54) is 31.9 Å². The second-order valence-electron chi connectivity index (χ2n) is 9.45. The number of fused-ring (bicyclic) bond motifs is 1. The van der Waals surface area contributed by atoms with Crippen LogP contribution in [-0.4, -0.2) is 47.7 Å². The van der Waals surface area contributed by atoms with Gasteiger partial charge in [0, 0.05) is 23.7 Å². The third-order valence-corrected chi connectivity index (χ3v) is 7.82. The zero-order chi connectivity index (χ0) is 22.7. The van der Waals surface area contributed by atoms with Gasteiger partial charge in [-0.15, -0.1) is 0 Å². The number of likely N-dealkylation sites (tertiary alicyclic amines) is 1. The number of hydrogen-bond donors (Lipinski definition) is 1. The van der Waals surface area contributed by atoms with E-state index in [1.54, 1.807) is 25.3 Å². The summed E-state index contributed by atoms with van der Waals surface area (Å²) < 4.78 is 20.8. The van der Waals surface area contributed by atoms with Gasteiger partial charge >= 0.3 is 5.97 Å². The number of alkyl halides is 1. The largest absolute Gasteiger partial charge is 0.497 e. The molecule has 32 heavy (non-hydrogen) atoms. The minimum atomic E-state index is -1.37. The molecule has 5 nitrogen and oxygen atoms in total. The van der Waals surface area contributed by atoms with Crippen LogP contribution in [0.25, 0.3) is 10.9 Å². The van der Waals surface area contributed by atoms with E-state index in [2.05, 4.69) is 9.88 Å². The van der Waals surface area contributed by atoms with Gasteiger partial charge in [0.15, 0.2) is 0 Å². The van der Waals surface area contributed by atoms with E-state index in [0.29, 0.717) is 41.5 Å². The fourth-order valence-electron chi connectivity index (χ4n) is 5.45. The Morgan fingerprint density at radius 2 is 2.06 bits per heavy atom. The summed E-state index contributed by atoms with van der Waals surface area (Å²) in [6, 6.07) is 5.29. The van der Waals surface area contributed by atoms with Crippen molar-refractivity contribution in [1.82, 2.24) is 9.88 Å². The number of aliphatic carboxylic acids is 1. The number of pyridine rings is 1. The minimum Gasteiger partial charge on any atom is -0.497 e. The zero-order valence-electron chi connectivity index (χ0n) is 18.7. The number of carboxylic acid groups (broad SMARTS) is 1. The van der Waals surface area contributed by atoms with Crippen molar-refractivity contribution in [2.45, 2.75) is 57.5 Å². The molecule has 1 aromatic heterocycles. The predicted molar refractivity (Wildman–Crippen MR) is 124 cm³/mol. The molecule has 0 radical (unpaired) electrons. The molecule has 2 heterocycles. The highest BCUT2D eigenvalue weighted by Gasteiger charge is 2.42. The predicted octanol–water partition coefficient (Wildman–Crippen LogP) is 6.04. The fourth-order valence-corrected chi connectivity index (χ4v) is 5.72. The molecule has 1 saturated heterocycles. The Morgan fingerprint density at radius 3 is 2.72 bits per heavy atom. The highest BCUT2D eigenvalue weighted by atomic mass is 35.5. The molecule has 1 aliphatic heterocycles. The standard InChI is InChI=1S/C25H32ClFN2O3/c1-32-18-6-7-22-19(14-18)23(20(26)15-28-22)21(27)8-9-25(24(30)31)10-12-29(13-11-25)16-17-4-2-3-5-17/h6-7,14-15,17,21H,2-5,8-13,16H2,1H3,(H,30,31). The topological polar surface area (TPSA) is 62.7 Å². The molecular formula is C25H32ClFN2O3. The number of carboxylic acids is 1. The maximum atomic E-state index is 15.5. The van der Waals surface area contributed by atoms with Crippen molar-refractivity contribution in [3.8, 4) is 5.75 Å². The second-order valence-corrected chi connectivity index (χ2v) is 9.85. The molecule has 2 aliphatic rings. The molecule has 0 bridgehead atoms. The number of aromatic nitrogens is 1. The molecule has 1 saturated carbocycles. The fraction of sp³-hybridized carbons (Fsp3) is 0.600. The van der Waals surface area contributed by atoms with Crippen LogP contribution in [0.1, 0.15) is 63.1 Å². The van der Waals surface area contributed by atoms with Crippen LogP contribution in [0.4, 0.5) is 4.39 Å². The lowest BCUT2D eigenvalue weighted by atomic mass is 9.74. The van der Waals surface area contributed by atoms with Crippen molar-refractivity contribution >= 4 is 28.5 Å². The van der Waals surface area contributed by atoms with Gasteiger partial charge in [-0.25, -0.2) is 4.39 Å². The SMILES string of the molecule is COc1ccc2ncc(Cl)c(C(F)CCC3(C(=O)O)CCN(CC4CCCC4)CC3)c2c1. The average molecular weight is 463 g/mol. The summed E-state index contributed by atoms with van der Waals surface area (Å²) in [6.07, 6.45) is 6.85. The monoisotopic (exact) mass is 462 g/mol. The van der Waals surface area contributed by atoms with Gasteiger partial charge in [0.2, 0.25) is 0 Å². The van der Waals surface area contributed by atoms with Crippen LogP contribution < -0.4 is 4.74 Å². The van der Waals surface area contributed by atoms with Crippen molar-refractivity contribution in [3.05, 3.63) is 35.0 Å². The minimum absolute atomic E-state index is 0.116. The third kappa shape index (κ3) is 4.86. The molecule has 2 aromatic rings. The Balaban J connectivity index is 1.45. The highest BCUT2D eigenvalue weighted by Crippen LogP contribution is 2.42. The quantitative estimate of drug-likeness (QED) is 0.517. The lowest BCUT2D eigenvalue weighted by Gasteiger charge is -2.40. The summed E-state index contributed by atoms with van der Waals surface area (Å²) in [7, 11) is 1.56. The van der Waals surface area contributed by atoms with Crippen molar-refractivity contribution in [1.29, 1.82) is 0 Å². The van der Waals surface area contributed by atoms with Crippen LogP contribution in [0.15, 0.2) is 24.4 Å². The van der Waals surface area contributed by atoms with Gasteiger partial charge in [-0.2, -0.15) is 0 Å². The number of benzene rings is 1. The Kier molecular flexibility index (Phi) is 7.21. The molecular weight excluding hydrogens is 431 g/mol. The van der Waals surface area contributed by atoms with Crippen molar-refractivity contribution in [2.24, 2.45) is 11.3 Å². The van der Waals surface area contributed by atoms with Crippen LogP contribution >= 0.6 is 11.6 Å². The lowest BCUT2D eigenvalue weighted by Crippen LogP contribution is -2.45. The summed E-state index contributed by atoms with van der Waals surface area (Å²) in [4.78, 5) is 18.9. The molecule has 1 aromatic carbocycles. The molecule has 0 amide bonds. The smallest absolute Gasteiger partial charge is 0.309 e. The number of rotatable bonds is 8. The summed E-state index contributed by atoms with van der Waals surface area (Å²) in [5.74, 6) is 0.547. The average Bonchev–Trinajstić information content (AvgIpc) is 3.31. The number of halogens is 2. The Hall–Kier alpha value is -1.92. The van der Waals surface area contributed by atoms with Gasteiger partial charge in [0.1, 0.15) is 11.9 Å². The normalized spacial score (nSPS) is 20.5. The van der Waals surface area contributed by atoms with E-state index in [0.717, 1.165) is 25.6 Å². The highest BCUT2D eigenvalue weighted by molar-refractivity contribution is 6.32. The molecule has 1 aliphatic carbocycles. The van der Waals surface area contributed by atoms with E-state index < -0.39 is 17.6 Å². The molecule has 1 unspecified atom stereocenters. The van der Waals surface area contributed by atoms with E-state index in [4.69, 9.17) is 16.3 Å². The molecule has 4 rings (SSSR count). The number of nitrogens with zero attached hydrogens (tertiary/aromatic N) is 2. The van der Waals surface area contributed by atoms with Crippen LogP contribution in [0.5, 0.6) is 5.75 Å². The maximum absolute atomic E-state index is 15.5. The van der Waals surface area contributed by atoms with E-state index in [1.807, 2.05) is 0 Å². The van der Waals surface area contributed by atoms with E-state index in [9.17, 15) is 9.90 Å². The van der Waals surface area contributed by atoms with Crippen molar-refractivity contribution in [2.75, 3.05) is 26.7 Å². The number of carbonyl (C=O) groups is 1.